The first-order valence-corrected chi connectivity index (χ1v) is 9.76. The van der Waals surface area contributed by atoms with Crippen LogP contribution >= 0.6 is 23.4 Å². The van der Waals surface area contributed by atoms with Crippen molar-refractivity contribution < 1.29 is 18.0 Å². The normalized spacial score (nSPS) is 16.5. The molecule has 0 aliphatic heterocycles. The fraction of sp³-hybridized carbons (Fsp3) is 0.471. The van der Waals surface area contributed by atoms with Crippen molar-refractivity contribution in [3.05, 3.63) is 34.6 Å². The molecule has 1 heterocycles. The van der Waals surface area contributed by atoms with Gasteiger partial charge < -0.3 is 5.32 Å². The molecule has 1 aliphatic carbocycles. The molecule has 1 fully saturated rings. The predicted octanol–water partition coefficient (Wildman–Crippen LogP) is 5.25. The number of nitrogens with one attached hydrogen (secondary N) is 2. The van der Waals surface area contributed by atoms with E-state index in [4.69, 9.17) is 11.6 Å². The lowest BCUT2D eigenvalue weighted by molar-refractivity contribution is -0.137. The number of halogens is 4. The number of carbonyl (C=O) groups is 1. The molecular weight excluding hydrogens is 401 g/mol. The zero-order valence-corrected chi connectivity index (χ0v) is 16.0. The molecule has 1 saturated carbocycles. The molecule has 1 atom stereocenters. The van der Waals surface area contributed by atoms with E-state index in [1.165, 1.54) is 18.9 Å². The summed E-state index contributed by atoms with van der Waals surface area (Å²) in [6.07, 6.45) is -0.0873. The molecule has 1 aliphatic rings. The number of nitrogens with zero attached hydrogens (tertiary/aromatic N) is 2. The smallest absolute Gasteiger partial charge is 0.325 e. The molecule has 3 rings (SSSR count). The predicted molar refractivity (Wildman–Crippen MR) is 98.0 cm³/mol. The summed E-state index contributed by atoms with van der Waals surface area (Å²) in [4.78, 5) is 16.7. The standard InChI is InChI=1S/C17H18ClF3N4OS/c1-9(27-16-23-14(24-25-16)10-4-2-3-5-10)15(26)22-11-6-7-13(18)12(8-11)17(19,20)21/h6-10H,2-5H2,1H3,(H,22,26)(H,23,24,25). The minimum absolute atomic E-state index is 0.0332. The Bertz CT molecular complexity index is 821. The number of aromatic amines is 1. The van der Waals surface area contributed by atoms with Gasteiger partial charge in [-0.15, -0.1) is 5.10 Å². The maximum Gasteiger partial charge on any atom is 0.417 e. The Kier molecular flexibility index (Phi) is 6.00. The van der Waals surface area contributed by atoms with Crippen molar-refractivity contribution >= 4 is 35.0 Å². The van der Waals surface area contributed by atoms with E-state index in [0.717, 1.165) is 42.6 Å². The van der Waals surface area contributed by atoms with E-state index in [0.29, 0.717) is 11.1 Å². The largest absolute Gasteiger partial charge is 0.417 e. The number of amides is 1. The SMILES string of the molecule is CC(Sc1n[nH]c(C2CCCC2)n1)C(=O)Nc1ccc(Cl)c(C(F)(F)F)c1. The summed E-state index contributed by atoms with van der Waals surface area (Å²) in [5.41, 5.74) is -0.955. The highest BCUT2D eigenvalue weighted by molar-refractivity contribution is 8.00. The Balaban J connectivity index is 1.62. The maximum atomic E-state index is 12.9. The molecule has 10 heteroatoms. The molecule has 0 spiro atoms. The second-order valence-electron chi connectivity index (χ2n) is 6.43. The lowest BCUT2D eigenvalue weighted by Crippen LogP contribution is -2.22. The summed E-state index contributed by atoms with van der Waals surface area (Å²) in [7, 11) is 0. The lowest BCUT2D eigenvalue weighted by Gasteiger charge is -2.13. The molecule has 1 unspecified atom stereocenters. The summed E-state index contributed by atoms with van der Waals surface area (Å²) in [6.45, 7) is 1.65. The molecule has 27 heavy (non-hydrogen) atoms. The summed E-state index contributed by atoms with van der Waals surface area (Å²) in [6, 6.07) is 3.27. The molecule has 1 aromatic carbocycles. The van der Waals surface area contributed by atoms with Gasteiger partial charge in [0.25, 0.3) is 0 Å². The van der Waals surface area contributed by atoms with Gasteiger partial charge in [-0.05, 0) is 38.0 Å². The van der Waals surface area contributed by atoms with E-state index in [9.17, 15) is 18.0 Å². The number of anilines is 1. The van der Waals surface area contributed by atoms with Crippen molar-refractivity contribution in [2.45, 2.75) is 55.1 Å². The summed E-state index contributed by atoms with van der Waals surface area (Å²) in [5, 5.41) is 8.98. The van der Waals surface area contributed by atoms with Gasteiger partial charge in [-0.2, -0.15) is 13.2 Å². The van der Waals surface area contributed by atoms with Crippen molar-refractivity contribution in [3.63, 3.8) is 0 Å². The maximum absolute atomic E-state index is 12.9. The van der Waals surface area contributed by atoms with Gasteiger partial charge in [0.1, 0.15) is 5.82 Å². The third-order valence-electron chi connectivity index (χ3n) is 4.41. The Labute approximate surface area is 163 Å². The molecule has 0 radical (unpaired) electrons. The molecule has 2 N–H and O–H groups in total. The number of benzene rings is 1. The second-order valence-corrected chi connectivity index (χ2v) is 8.14. The minimum Gasteiger partial charge on any atom is -0.325 e. The van der Waals surface area contributed by atoms with E-state index in [2.05, 4.69) is 20.5 Å². The Morgan fingerprint density at radius 2 is 2.07 bits per heavy atom. The summed E-state index contributed by atoms with van der Waals surface area (Å²) in [5.74, 6) is 0.767. The van der Waals surface area contributed by atoms with E-state index in [1.54, 1.807) is 6.92 Å². The van der Waals surface area contributed by atoms with Crippen molar-refractivity contribution in [1.82, 2.24) is 15.2 Å². The minimum atomic E-state index is -4.59. The van der Waals surface area contributed by atoms with Crippen LogP contribution in [0.4, 0.5) is 18.9 Å². The number of hydrogen-bond donors (Lipinski definition) is 2. The third-order valence-corrected chi connectivity index (χ3v) is 5.71. The first kappa shape index (κ1) is 20.0. The van der Waals surface area contributed by atoms with Crippen LogP contribution in [0.25, 0.3) is 0 Å². The summed E-state index contributed by atoms with van der Waals surface area (Å²) >= 11 is 6.74. The number of hydrogen-bond acceptors (Lipinski definition) is 4. The molecule has 146 valence electrons. The molecule has 1 amide bonds. The number of thioether (sulfide) groups is 1. The van der Waals surface area contributed by atoms with Crippen molar-refractivity contribution in [3.8, 4) is 0 Å². The highest BCUT2D eigenvalue weighted by Gasteiger charge is 2.33. The Hall–Kier alpha value is -1.74. The van der Waals surface area contributed by atoms with Crippen LogP contribution in [0.3, 0.4) is 0 Å². The first-order chi connectivity index (χ1) is 12.7. The Morgan fingerprint density at radius 3 is 2.74 bits per heavy atom. The van der Waals surface area contributed by atoms with Gasteiger partial charge in [0, 0.05) is 11.6 Å². The van der Waals surface area contributed by atoms with Gasteiger partial charge >= 0.3 is 6.18 Å². The van der Waals surface area contributed by atoms with Gasteiger partial charge in [0.05, 0.1) is 15.8 Å². The molecule has 5 nitrogen and oxygen atoms in total. The van der Waals surface area contributed by atoms with Crippen LogP contribution in [-0.2, 0) is 11.0 Å². The zero-order chi connectivity index (χ0) is 19.6. The lowest BCUT2D eigenvalue weighted by atomic mass is 10.1. The summed E-state index contributed by atoms with van der Waals surface area (Å²) < 4.78 is 38.8. The van der Waals surface area contributed by atoms with Crippen LogP contribution < -0.4 is 5.32 Å². The van der Waals surface area contributed by atoms with Crippen LogP contribution in [0.5, 0.6) is 0 Å². The molecule has 1 aromatic heterocycles. The van der Waals surface area contributed by atoms with Crippen molar-refractivity contribution in [1.29, 1.82) is 0 Å². The van der Waals surface area contributed by atoms with Crippen LogP contribution in [-0.4, -0.2) is 26.3 Å². The Morgan fingerprint density at radius 1 is 1.37 bits per heavy atom. The van der Waals surface area contributed by atoms with Crippen LogP contribution in [0.15, 0.2) is 23.4 Å². The van der Waals surface area contributed by atoms with Gasteiger partial charge in [-0.1, -0.05) is 36.2 Å². The van der Waals surface area contributed by atoms with Crippen LogP contribution in [0.2, 0.25) is 5.02 Å². The van der Waals surface area contributed by atoms with Gasteiger partial charge in [-0.25, -0.2) is 4.98 Å². The van der Waals surface area contributed by atoms with Gasteiger partial charge in [0.15, 0.2) is 0 Å². The molecular formula is C17H18ClF3N4OS. The van der Waals surface area contributed by atoms with Gasteiger partial charge in [0.2, 0.25) is 11.1 Å². The number of H-pyrrole nitrogens is 1. The number of carbonyl (C=O) groups excluding carboxylic acids is 1. The third kappa shape index (κ3) is 4.95. The van der Waals surface area contributed by atoms with Gasteiger partial charge in [-0.3, -0.25) is 9.89 Å². The fourth-order valence-electron chi connectivity index (χ4n) is 2.97. The number of rotatable bonds is 5. The molecule has 0 saturated heterocycles. The van der Waals surface area contributed by atoms with E-state index < -0.39 is 27.9 Å². The monoisotopic (exact) mass is 418 g/mol. The number of aromatic nitrogens is 3. The highest BCUT2D eigenvalue weighted by Crippen LogP contribution is 2.36. The van der Waals surface area contributed by atoms with E-state index >= 15 is 0 Å². The zero-order valence-electron chi connectivity index (χ0n) is 14.4. The van der Waals surface area contributed by atoms with Crippen molar-refractivity contribution in [2.24, 2.45) is 0 Å². The number of alkyl halides is 3. The van der Waals surface area contributed by atoms with Crippen LogP contribution in [0, 0.1) is 0 Å². The highest BCUT2D eigenvalue weighted by atomic mass is 35.5. The van der Waals surface area contributed by atoms with E-state index in [1.807, 2.05) is 0 Å². The van der Waals surface area contributed by atoms with Crippen molar-refractivity contribution in [2.75, 3.05) is 5.32 Å². The average molecular weight is 419 g/mol. The van der Waals surface area contributed by atoms with E-state index in [-0.39, 0.29) is 5.69 Å². The second kappa shape index (κ2) is 8.10. The topological polar surface area (TPSA) is 70.7 Å². The quantitative estimate of drug-likeness (QED) is 0.650. The van der Waals surface area contributed by atoms with Crippen LogP contribution in [0.1, 0.15) is 49.9 Å². The first-order valence-electron chi connectivity index (χ1n) is 8.50. The fourth-order valence-corrected chi connectivity index (χ4v) is 3.92. The average Bonchev–Trinajstić information content (AvgIpc) is 3.26. The molecule has 0 bridgehead atoms. The molecule has 2 aromatic rings.